The van der Waals surface area contributed by atoms with Crippen LogP contribution in [0.2, 0.25) is 0 Å². The van der Waals surface area contributed by atoms with E-state index in [1.54, 1.807) is 19.1 Å². The Morgan fingerprint density at radius 1 is 1.27 bits per heavy atom. The first-order valence-corrected chi connectivity index (χ1v) is 9.24. The number of aromatic nitrogens is 2. The van der Waals surface area contributed by atoms with E-state index in [9.17, 15) is 17.6 Å². The van der Waals surface area contributed by atoms with Crippen LogP contribution in [-0.4, -0.2) is 24.3 Å². The van der Waals surface area contributed by atoms with Crippen molar-refractivity contribution in [1.82, 2.24) is 14.7 Å². The highest BCUT2D eigenvalue weighted by atomic mass is 32.2. The minimum absolute atomic E-state index is 0.0110. The van der Waals surface area contributed by atoms with Gasteiger partial charge in [0.1, 0.15) is 5.82 Å². The fourth-order valence-electron chi connectivity index (χ4n) is 2.54. The average molecular weight is 373 g/mol. The molecule has 1 aromatic carbocycles. The molecule has 0 spiro atoms. The van der Waals surface area contributed by atoms with Gasteiger partial charge in [-0.2, -0.15) is 0 Å². The van der Waals surface area contributed by atoms with Crippen molar-refractivity contribution in [2.75, 3.05) is 0 Å². The zero-order valence-electron chi connectivity index (χ0n) is 13.9. The molecule has 2 N–H and O–H groups in total. The van der Waals surface area contributed by atoms with Crippen molar-refractivity contribution in [1.29, 1.82) is 0 Å². The summed E-state index contributed by atoms with van der Waals surface area (Å²) in [5, 5.41) is 0. The molecule has 0 aliphatic carbocycles. The van der Waals surface area contributed by atoms with Gasteiger partial charge in [-0.25, -0.2) is 17.5 Å². The maximum atomic E-state index is 13.9. The van der Waals surface area contributed by atoms with Crippen molar-refractivity contribution in [3.05, 3.63) is 83.2 Å². The second-order valence-corrected chi connectivity index (χ2v) is 7.40. The number of nitrogens with one attached hydrogen (secondary N) is 2. The number of aryl methyl sites for hydroxylation is 1. The molecule has 0 radical (unpaired) electrons. The van der Waals surface area contributed by atoms with Crippen molar-refractivity contribution < 1.29 is 17.6 Å². The van der Waals surface area contributed by atoms with Crippen LogP contribution in [0.15, 0.2) is 59.9 Å². The van der Waals surface area contributed by atoms with Gasteiger partial charge in [0.15, 0.2) is 0 Å². The number of amides is 1. The maximum absolute atomic E-state index is 13.9. The third-order valence-electron chi connectivity index (χ3n) is 3.79. The maximum Gasteiger partial charge on any atom is 0.266 e. The van der Waals surface area contributed by atoms with Gasteiger partial charge < -0.3 is 4.98 Å². The number of hydrogen-bond donors (Lipinski definition) is 2. The lowest BCUT2D eigenvalue weighted by molar-refractivity contribution is 0.0981. The standard InChI is InChI=1S/C18H16FN3O3S/c1-12-4-5-17(14(9-12)10-16-15(19)3-2-7-21-16)26(24,25)22-18(23)13-6-8-20-11-13/h2-9,11,20H,10H2,1H3,(H,22,23). The van der Waals surface area contributed by atoms with Gasteiger partial charge in [0.2, 0.25) is 0 Å². The van der Waals surface area contributed by atoms with Gasteiger partial charge in [0.05, 0.1) is 16.2 Å². The molecule has 6 nitrogen and oxygen atoms in total. The third-order valence-corrected chi connectivity index (χ3v) is 5.22. The number of rotatable bonds is 5. The van der Waals surface area contributed by atoms with Crippen LogP contribution >= 0.6 is 0 Å². The number of aromatic amines is 1. The summed E-state index contributed by atoms with van der Waals surface area (Å²) in [5.41, 5.74) is 1.49. The quantitative estimate of drug-likeness (QED) is 0.719. The minimum Gasteiger partial charge on any atom is -0.367 e. The molecule has 134 valence electrons. The van der Waals surface area contributed by atoms with E-state index < -0.39 is 21.7 Å². The van der Waals surface area contributed by atoms with Crippen LogP contribution < -0.4 is 4.72 Å². The Morgan fingerprint density at radius 3 is 2.77 bits per heavy atom. The number of carbonyl (C=O) groups is 1. The van der Waals surface area contributed by atoms with E-state index in [-0.39, 0.29) is 22.6 Å². The molecule has 0 atom stereocenters. The summed E-state index contributed by atoms with van der Waals surface area (Å²) in [6.45, 7) is 1.80. The van der Waals surface area contributed by atoms with E-state index in [1.807, 2.05) is 4.72 Å². The predicted molar refractivity (Wildman–Crippen MR) is 93.6 cm³/mol. The van der Waals surface area contributed by atoms with Crippen LogP contribution in [0.25, 0.3) is 0 Å². The first-order valence-electron chi connectivity index (χ1n) is 7.76. The van der Waals surface area contributed by atoms with Gasteiger partial charge in [-0.3, -0.25) is 9.78 Å². The molecule has 8 heteroatoms. The Hall–Kier alpha value is -3.00. The molecule has 26 heavy (non-hydrogen) atoms. The Morgan fingerprint density at radius 2 is 2.08 bits per heavy atom. The molecule has 3 aromatic rings. The lowest BCUT2D eigenvalue weighted by Gasteiger charge is -2.12. The minimum atomic E-state index is -4.13. The van der Waals surface area contributed by atoms with E-state index in [0.717, 1.165) is 5.56 Å². The third kappa shape index (κ3) is 3.80. The van der Waals surface area contributed by atoms with Gasteiger partial charge >= 0.3 is 0 Å². The smallest absolute Gasteiger partial charge is 0.266 e. The van der Waals surface area contributed by atoms with E-state index in [4.69, 9.17) is 0 Å². The van der Waals surface area contributed by atoms with Gasteiger partial charge in [0, 0.05) is 25.0 Å². The van der Waals surface area contributed by atoms with Crippen molar-refractivity contribution in [2.24, 2.45) is 0 Å². The molecule has 2 aromatic heterocycles. The monoisotopic (exact) mass is 373 g/mol. The van der Waals surface area contributed by atoms with E-state index in [1.165, 1.54) is 42.9 Å². The van der Waals surface area contributed by atoms with Gasteiger partial charge in [-0.15, -0.1) is 0 Å². The summed E-state index contributed by atoms with van der Waals surface area (Å²) in [6, 6.07) is 8.85. The van der Waals surface area contributed by atoms with E-state index >= 15 is 0 Å². The molecule has 0 aliphatic heterocycles. The van der Waals surface area contributed by atoms with Crippen LogP contribution in [0.1, 0.15) is 27.2 Å². The molecule has 0 saturated heterocycles. The zero-order chi connectivity index (χ0) is 18.7. The van der Waals surface area contributed by atoms with Crippen molar-refractivity contribution in [2.45, 2.75) is 18.2 Å². The molecule has 0 unspecified atom stereocenters. The number of H-pyrrole nitrogens is 1. The SMILES string of the molecule is Cc1ccc(S(=O)(=O)NC(=O)c2cc[nH]c2)c(Cc2ncccc2F)c1. The summed E-state index contributed by atoms with van der Waals surface area (Å²) in [7, 11) is -4.13. The number of sulfonamides is 1. The normalized spacial score (nSPS) is 11.3. The average Bonchev–Trinajstić information content (AvgIpc) is 3.11. The summed E-state index contributed by atoms with van der Waals surface area (Å²) in [4.78, 5) is 18.7. The molecule has 3 rings (SSSR count). The Labute approximate surface area is 150 Å². The molecular formula is C18H16FN3O3S. The molecule has 0 saturated carbocycles. The van der Waals surface area contributed by atoms with E-state index in [2.05, 4.69) is 9.97 Å². The number of hydrogen-bond acceptors (Lipinski definition) is 4. The van der Waals surface area contributed by atoms with Gasteiger partial charge in [-0.1, -0.05) is 17.7 Å². The molecule has 1 amide bonds. The van der Waals surface area contributed by atoms with Crippen molar-refractivity contribution in [3.8, 4) is 0 Å². The second kappa shape index (κ2) is 7.09. The van der Waals surface area contributed by atoms with Crippen LogP contribution in [0, 0.1) is 12.7 Å². The molecule has 0 bridgehead atoms. The summed E-state index contributed by atoms with van der Waals surface area (Å²) in [5.74, 6) is -1.27. The number of nitrogens with zero attached hydrogens (tertiary/aromatic N) is 1. The highest BCUT2D eigenvalue weighted by Gasteiger charge is 2.23. The molecule has 0 fully saturated rings. The van der Waals surface area contributed by atoms with Crippen LogP contribution in [0.3, 0.4) is 0 Å². The fraction of sp³-hybridized carbons (Fsp3) is 0.111. The number of carbonyl (C=O) groups excluding carboxylic acids is 1. The van der Waals surface area contributed by atoms with Crippen LogP contribution in [-0.2, 0) is 16.4 Å². The van der Waals surface area contributed by atoms with Gasteiger partial charge in [0.25, 0.3) is 15.9 Å². The predicted octanol–water partition coefficient (Wildman–Crippen LogP) is 2.57. The summed E-state index contributed by atoms with van der Waals surface area (Å²) < 4.78 is 41.3. The number of halogens is 1. The van der Waals surface area contributed by atoms with Gasteiger partial charge in [-0.05, 0) is 36.8 Å². The fourth-order valence-corrected chi connectivity index (χ4v) is 3.73. The zero-order valence-corrected chi connectivity index (χ0v) is 14.7. The van der Waals surface area contributed by atoms with Crippen LogP contribution in [0.5, 0.6) is 0 Å². The van der Waals surface area contributed by atoms with Crippen molar-refractivity contribution in [3.63, 3.8) is 0 Å². The van der Waals surface area contributed by atoms with E-state index in [0.29, 0.717) is 5.56 Å². The number of benzene rings is 1. The molecule has 2 heterocycles. The number of pyridine rings is 1. The Bertz CT molecular complexity index is 1050. The summed E-state index contributed by atoms with van der Waals surface area (Å²) in [6.07, 6.45) is 4.34. The highest BCUT2D eigenvalue weighted by Crippen LogP contribution is 2.21. The Kier molecular flexibility index (Phi) is 4.85. The lowest BCUT2D eigenvalue weighted by Crippen LogP contribution is -2.31. The molecule has 0 aliphatic rings. The Balaban J connectivity index is 1.96. The lowest BCUT2D eigenvalue weighted by atomic mass is 10.1. The first kappa shape index (κ1) is 17.8. The first-order chi connectivity index (χ1) is 12.4. The second-order valence-electron chi connectivity index (χ2n) is 5.75. The highest BCUT2D eigenvalue weighted by molar-refractivity contribution is 7.90. The topological polar surface area (TPSA) is 91.9 Å². The van der Waals surface area contributed by atoms with Crippen molar-refractivity contribution >= 4 is 15.9 Å². The largest absolute Gasteiger partial charge is 0.367 e. The van der Waals surface area contributed by atoms with Crippen LogP contribution in [0.4, 0.5) is 4.39 Å². The summed E-state index contributed by atoms with van der Waals surface area (Å²) >= 11 is 0. The molecular weight excluding hydrogens is 357 g/mol.